The van der Waals surface area contributed by atoms with E-state index in [9.17, 15) is 14.4 Å². The van der Waals surface area contributed by atoms with Crippen LogP contribution >= 0.6 is 0 Å². The lowest BCUT2D eigenvalue weighted by molar-refractivity contribution is -0.134. The molecule has 22 heavy (non-hydrogen) atoms. The number of amides is 2. The summed E-state index contributed by atoms with van der Waals surface area (Å²) >= 11 is 0. The number of anilines is 1. The molecule has 1 N–H and O–H groups in total. The van der Waals surface area contributed by atoms with Gasteiger partial charge in [-0.25, -0.2) is 4.98 Å². The Kier molecular flexibility index (Phi) is 4.18. The Balaban J connectivity index is 1.67. The van der Waals surface area contributed by atoms with Crippen LogP contribution < -0.4 is 10.2 Å². The second-order valence-electron chi connectivity index (χ2n) is 5.91. The molecule has 0 unspecified atom stereocenters. The van der Waals surface area contributed by atoms with E-state index in [2.05, 4.69) is 15.2 Å². The van der Waals surface area contributed by atoms with E-state index in [0.29, 0.717) is 12.8 Å². The second kappa shape index (κ2) is 6.25. The van der Waals surface area contributed by atoms with Gasteiger partial charge in [-0.05, 0) is 30.9 Å². The van der Waals surface area contributed by atoms with Gasteiger partial charge in [0.15, 0.2) is 0 Å². The van der Waals surface area contributed by atoms with Gasteiger partial charge in [0.25, 0.3) is 0 Å². The highest BCUT2D eigenvalue weighted by Gasteiger charge is 2.28. The lowest BCUT2D eigenvalue weighted by Crippen LogP contribution is -2.39. The summed E-state index contributed by atoms with van der Waals surface area (Å²) in [4.78, 5) is 40.4. The number of nitrogens with one attached hydrogen (secondary N) is 1. The predicted molar refractivity (Wildman–Crippen MR) is 80.4 cm³/mol. The van der Waals surface area contributed by atoms with Crippen molar-refractivity contribution in [3.8, 4) is 0 Å². The minimum Gasteiger partial charge on any atom is -0.357 e. The highest BCUT2D eigenvalue weighted by Crippen LogP contribution is 2.26. The lowest BCUT2D eigenvalue weighted by Gasteiger charge is -2.30. The van der Waals surface area contributed by atoms with Gasteiger partial charge >= 0.3 is 0 Å². The number of carbonyl (C=O) groups excluding carboxylic acids is 3. The fourth-order valence-electron chi connectivity index (χ4n) is 3.07. The first-order valence-corrected chi connectivity index (χ1v) is 7.67. The van der Waals surface area contributed by atoms with Crippen molar-refractivity contribution in [2.24, 2.45) is 5.92 Å². The monoisotopic (exact) mass is 301 g/mol. The number of aromatic nitrogens is 1. The van der Waals surface area contributed by atoms with Crippen molar-refractivity contribution < 1.29 is 14.4 Å². The number of rotatable bonds is 3. The number of nitrogens with zero attached hydrogens (tertiary/aromatic N) is 2. The van der Waals surface area contributed by atoms with Crippen LogP contribution in [0.3, 0.4) is 0 Å². The first kappa shape index (κ1) is 14.7. The normalized spacial score (nSPS) is 23.3. The Morgan fingerprint density at radius 1 is 1.18 bits per heavy atom. The molecule has 0 bridgehead atoms. The Labute approximate surface area is 128 Å². The summed E-state index contributed by atoms with van der Waals surface area (Å²) < 4.78 is 0. The van der Waals surface area contributed by atoms with Crippen molar-refractivity contribution in [1.29, 1.82) is 0 Å². The van der Waals surface area contributed by atoms with Crippen molar-refractivity contribution in [3.63, 3.8) is 0 Å². The zero-order valence-electron chi connectivity index (χ0n) is 12.3. The molecule has 3 rings (SSSR count). The maximum absolute atomic E-state index is 11.9. The van der Waals surface area contributed by atoms with Crippen LogP contribution in [0.5, 0.6) is 0 Å². The number of pyridine rings is 1. The molecule has 0 radical (unpaired) electrons. The predicted octanol–water partition coefficient (Wildman–Crippen LogP) is 1.02. The summed E-state index contributed by atoms with van der Waals surface area (Å²) in [5.41, 5.74) is 0.844. The van der Waals surface area contributed by atoms with Crippen LogP contribution in [0.4, 0.5) is 5.82 Å². The average molecular weight is 301 g/mol. The third kappa shape index (κ3) is 3.00. The van der Waals surface area contributed by atoms with E-state index in [1.54, 1.807) is 6.20 Å². The van der Waals surface area contributed by atoms with Gasteiger partial charge in [0.1, 0.15) is 12.1 Å². The van der Waals surface area contributed by atoms with Crippen LogP contribution in [0, 0.1) is 5.92 Å². The number of carbonyl (C=O) groups is 3. The van der Waals surface area contributed by atoms with Crippen molar-refractivity contribution in [2.45, 2.75) is 31.6 Å². The zero-order valence-corrected chi connectivity index (χ0v) is 12.3. The van der Waals surface area contributed by atoms with Crippen molar-refractivity contribution in [1.82, 2.24) is 10.3 Å². The van der Waals surface area contributed by atoms with Crippen LogP contribution in [-0.4, -0.2) is 36.2 Å². The molecule has 1 aromatic rings. The van der Waals surface area contributed by atoms with Crippen LogP contribution in [0.15, 0.2) is 18.3 Å². The van der Waals surface area contributed by atoms with Gasteiger partial charge in [-0.1, -0.05) is 6.07 Å². The molecular weight excluding hydrogens is 282 g/mol. The molecule has 6 nitrogen and oxygen atoms in total. The maximum Gasteiger partial charge on any atom is 0.234 e. The topological polar surface area (TPSA) is 79.4 Å². The Morgan fingerprint density at radius 2 is 1.95 bits per heavy atom. The number of aldehydes is 1. The number of piperidine rings is 2. The van der Waals surface area contributed by atoms with Gasteiger partial charge in [-0.2, -0.15) is 0 Å². The fourth-order valence-corrected chi connectivity index (χ4v) is 3.07. The van der Waals surface area contributed by atoms with Crippen molar-refractivity contribution in [2.75, 3.05) is 18.0 Å². The second-order valence-corrected chi connectivity index (χ2v) is 5.91. The summed E-state index contributed by atoms with van der Waals surface area (Å²) in [5, 5.41) is 2.37. The molecule has 2 amide bonds. The summed E-state index contributed by atoms with van der Waals surface area (Å²) in [7, 11) is 0. The molecule has 0 saturated carbocycles. The highest BCUT2D eigenvalue weighted by atomic mass is 16.2. The Hall–Kier alpha value is -2.24. The van der Waals surface area contributed by atoms with Gasteiger partial charge in [-0.15, -0.1) is 0 Å². The van der Waals surface area contributed by atoms with E-state index in [4.69, 9.17) is 0 Å². The van der Waals surface area contributed by atoms with Gasteiger partial charge in [0.05, 0.1) is 5.92 Å². The summed E-state index contributed by atoms with van der Waals surface area (Å²) in [6.45, 7) is 1.66. The SMILES string of the molecule is O=CC1CCN(c2ccc([C@@H]3CCC(=O)NC3=O)cn2)CC1. The summed E-state index contributed by atoms with van der Waals surface area (Å²) in [6, 6.07) is 3.83. The van der Waals surface area contributed by atoms with E-state index < -0.39 is 0 Å². The quantitative estimate of drug-likeness (QED) is 0.666. The molecule has 0 spiro atoms. The lowest BCUT2D eigenvalue weighted by atomic mass is 9.91. The van der Waals surface area contributed by atoms with E-state index in [-0.39, 0.29) is 23.7 Å². The number of hydrogen-bond acceptors (Lipinski definition) is 5. The average Bonchev–Trinajstić information content (AvgIpc) is 2.55. The molecule has 2 aliphatic rings. The molecule has 0 aromatic carbocycles. The molecule has 0 aliphatic carbocycles. The molecule has 2 saturated heterocycles. The van der Waals surface area contributed by atoms with Gasteiger partial charge in [-0.3, -0.25) is 14.9 Å². The molecule has 6 heteroatoms. The first-order valence-electron chi connectivity index (χ1n) is 7.67. The first-order chi connectivity index (χ1) is 10.7. The Bertz CT molecular complexity index is 577. The van der Waals surface area contributed by atoms with Crippen molar-refractivity contribution >= 4 is 23.9 Å². The minimum absolute atomic E-state index is 0.166. The third-order valence-corrected chi connectivity index (χ3v) is 4.47. The molecular formula is C16H19N3O3. The number of imide groups is 1. The zero-order chi connectivity index (χ0) is 15.5. The van der Waals surface area contributed by atoms with E-state index in [1.807, 2.05) is 12.1 Å². The van der Waals surface area contributed by atoms with E-state index in [1.165, 1.54) is 0 Å². The molecule has 116 valence electrons. The highest BCUT2D eigenvalue weighted by molar-refractivity contribution is 6.00. The van der Waals surface area contributed by atoms with Crippen LogP contribution in [0.1, 0.15) is 37.2 Å². The summed E-state index contributed by atoms with van der Waals surface area (Å²) in [6.07, 6.45) is 5.39. The van der Waals surface area contributed by atoms with Gasteiger partial charge < -0.3 is 9.69 Å². The molecule has 3 heterocycles. The Morgan fingerprint density at radius 3 is 2.55 bits per heavy atom. The third-order valence-electron chi connectivity index (χ3n) is 4.47. The van der Waals surface area contributed by atoms with Crippen LogP contribution in [0.2, 0.25) is 0 Å². The van der Waals surface area contributed by atoms with E-state index >= 15 is 0 Å². The molecule has 2 fully saturated rings. The largest absolute Gasteiger partial charge is 0.357 e. The molecule has 1 atom stereocenters. The molecule has 1 aromatic heterocycles. The van der Waals surface area contributed by atoms with Crippen LogP contribution in [-0.2, 0) is 14.4 Å². The number of hydrogen-bond donors (Lipinski definition) is 1. The van der Waals surface area contributed by atoms with Crippen LogP contribution in [0.25, 0.3) is 0 Å². The van der Waals surface area contributed by atoms with Gasteiger partial charge in [0.2, 0.25) is 11.8 Å². The standard InChI is InChI=1S/C16H19N3O3/c20-10-11-5-7-19(8-6-11)14-3-1-12(9-17-14)13-2-4-15(21)18-16(13)22/h1,3,9-11,13H,2,4-8H2,(H,18,21,22)/t13-/m0/s1. The van der Waals surface area contributed by atoms with Crippen molar-refractivity contribution in [3.05, 3.63) is 23.9 Å². The summed E-state index contributed by atoms with van der Waals surface area (Å²) in [5.74, 6) is 0.306. The minimum atomic E-state index is -0.292. The van der Waals surface area contributed by atoms with Gasteiger partial charge in [0, 0.05) is 31.6 Å². The van der Waals surface area contributed by atoms with E-state index in [0.717, 1.165) is 43.6 Å². The fraction of sp³-hybridized carbons (Fsp3) is 0.500. The smallest absolute Gasteiger partial charge is 0.234 e. The maximum atomic E-state index is 11.9. The molecule has 2 aliphatic heterocycles.